The number of rotatable bonds is 7. The zero-order valence-corrected chi connectivity index (χ0v) is 13.3. The molecule has 0 saturated carbocycles. The molecular formula is C20H24N2. The number of hydrogen-bond acceptors (Lipinski definition) is 1. The van der Waals surface area contributed by atoms with Gasteiger partial charge in [-0.2, -0.15) is 0 Å². The lowest BCUT2D eigenvalue weighted by atomic mass is 10.0. The van der Waals surface area contributed by atoms with Gasteiger partial charge in [0.15, 0.2) is 0 Å². The Balaban J connectivity index is 1.88. The second-order valence-electron chi connectivity index (χ2n) is 5.87. The van der Waals surface area contributed by atoms with Crippen molar-refractivity contribution in [3.63, 3.8) is 0 Å². The molecule has 3 aromatic rings. The largest absolute Gasteiger partial charge is 0.303 e. The Labute approximate surface area is 132 Å². The minimum atomic E-state index is 1.05. The van der Waals surface area contributed by atoms with E-state index < -0.39 is 0 Å². The van der Waals surface area contributed by atoms with E-state index in [9.17, 15) is 0 Å². The Morgan fingerprint density at radius 2 is 1.64 bits per heavy atom. The second-order valence-corrected chi connectivity index (χ2v) is 5.87. The van der Waals surface area contributed by atoms with E-state index in [0.717, 1.165) is 17.8 Å². The number of nitrogens with zero attached hydrogens (tertiary/aromatic N) is 2. The first-order valence-corrected chi connectivity index (χ1v) is 8.41. The normalized spacial score (nSPS) is 11.1. The molecule has 0 bridgehead atoms. The summed E-state index contributed by atoms with van der Waals surface area (Å²) < 4.78 is 2.25. The molecule has 0 amide bonds. The van der Waals surface area contributed by atoms with Gasteiger partial charge < -0.3 is 4.40 Å². The number of unbranched alkanes of at least 4 members (excludes halogenated alkanes) is 4. The van der Waals surface area contributed by atoms with Crippen molar-refractivity contribution < 1.29 is 0 Å². The van der Waals surface area contributed by atoms with Crippen LogP contribution in [0.3, 0.4) is 0 Å². The summed E-state index contributed by atoms with van der Waals surface area (Å²) in [4.78, 5) is 4.86. The van der Waals surface area contributed by atoms with Gasteiger partial charge in [-0.25, -0.2) is 4.98 Å². The van der Waals surface area contributed by atoms with Crippen LogP contribution < -0.4 is 0 Å². The van der Waals surface area contributed by atoms with Crippen molar-refractivity contribution in [2.24, 2.45) is 0 Å². The lowest BCUT2D eigenvalue weighted by molar-refractivity contribution is 0.627. The smallest absolute Gasteiger partial charge is 0.137 e. The van der Waals surface area contributed by atoms with Crippen LogP contribution in [0.15, 0.2) is 54.7 Å². The fraction of sp³-hybridized carbons (Fsp3) is 0.350. The number of aromatic nitrogens is 2. The van der Waals surface area contributed by atoms with Crippen LogP contribution in [0.4, 0.5) is 0 Å². The van der Waals surface area contributed by atoms with Crippen molar-refractivity contribution in [2.75, 3.05) is 0 Å². The predicted molar refractivity (Wildman–Crippen MR) is 93.1 cm³/mol. The third-order valence-electron chi connectivity index (χ3n) is 4.19. The highest BCUT2D eigenvalue weighted by Gasteiger charge is 2.12. The van der Waals surface area contributed by atoms with E-state index in [1.54, 1.807) is 0 Å². The van der Waals surface area contributed by atoms with Crippen molar-refractivity contribution in [1.29, 1.82) is 0 Å². The number of fused-ring (bicyclic) bond motifs is 1. The standard InChI is InChI=1S/C20H24N2/c1-2-3-4-5-9-14-18-20(17-12-7-6-8-13-17)21-19-15-10-11-16-22(18)19/h6-8,10-13,15-16H,2-5,9,14H2,1H3. The van der Waals surface area contributed by atoms with Crippen LogP contribution in [-0.4, -0.2) is 9.38 Å². The van der Waals surface area contributed by atoms with Gasteiger partial charge in [-0.05, 0) is 25.0 Å². The summed E-state index contributed by atoms with van der Waals surface area (Å²) in [7, 11) is 0. The summed E-state index contributed by atoms with van der Waals surface area (Å²) in [5, 5.41) is 0. The fourth-order valence-corrected chi connectivity index (χ4v) is 3.01. The molecule has 0 fully saturated rings. The Morgan fingerprint density at radius 1 is 0.864 bits per heavy atom. The summed E-state index contributed by atoms with van der Waals surface area (Å²) in [6.45, 7) is 2.26. The van der Waals surface area contributed by atoms with Crippen LogP contribution in [0.5, 0.6) is 0 Å². The summed E-state index contributed by atoms with van der Waals surface area (Å²) in [5.41, 5.74) is 4.75. The SMILES string of the molecule is CCCCCCCc1c(-c2ccccc2)nc2ccccn12. The molecule has 2 heteroatoms. The highest BCUT2D eigenvalue weighted by Crippen LogP contribution is 2.25. The molecule has 1 aromatic carbocycles. The lowest BCUT2D eigenvalue weighted by Gasteiger charge is -2.05. The quantitative estimate of drug-likeness (QED) is 0.524. The third-order valence-corrected chi connectivity index (χ3v) is 4.19. The minimum Gasteiger partial charge on any atom is -0.303 e. The summed E-state index contributed by atoms with van der Waals surface area (Å²) >= 11 is 0. The second kappa shape index (κ2) is 7.26. The zero-order chi connectivity index (χ0) is 15.2. The molecule has 2 aromatic heterocycles. The van der Waals surface area contributed by atoms with E-state index in [2.05, 4.69) is 66.1 Å². The van der Waals surface area contributed by atoms with Crippen molar-refractivity contribution in [2.45, 2.75) is 45.4 Å². The molecule has 3 rings (SSSR count). The molecule has 2 heterocycles. The van der Waals surface area contributed by atoms with Crippen molar-refractivity contribution in [3.05, 3.63) is 60.4 Å². The average Bonchev–Trinajstić information content (AvgIpc) is 2.94. The molecule has 0 N–H and O–H groups in total. The fourth-order valence-electron chi connectivity index (χ4n) is 3.01. The molecule has 0 unspecified atom stereocenters. The van der Waals surface area contributed by atoms with Crippen molar-refractivity contribution >= 4 is 5.65 Å². The molecule has 0 spiro atoms. The Bertz CT molecular complexity index is 713. The first kappa shape index (κ1) is 14.8. The Kier molecular flexibility index (Phi) is 4.89. The van der Waals surface area contributed by atoms with E-state index in [0.29, 0.717) is 0 Å². The van der Waals surface area contributed by atoms with Gasteiger partial charge in [0.05, 0.1) is 11.4 Å². The van der Waals surface area contributed by atoms with Crippen LogP contribution in [-0.2, 0) is 6.42 Å². The minimum absolute atomic E-state index is 1.05. The first-order valence-electron chi connectivity index (χ1n) is 8.41. The predicted octanol–water partition coefficient (Wildman–Crippen LogP) is 5.51. The van der Waals surface area contributed by atoms with Gasteiger partial charge >= 0.3 is 0 Å². The zero-order valence-electron chi connectivity index (χ0n) is 13.3. The van der Waals surface area contributed by atoms with Crippen molar-refractivity contribution in [3.8, 4) is 11.3 Å². The average molecular weight is 292 g/mol. The Morgan fingerprint density at radius 3 is 2.45 bits per heavy atom. The van der Waals surface area contributed by atoms with Gasteiger partial charge in [-0.15, -0.1) is 0 Å². The van der Waals surface area contributed by atoms with Crippen molar-refractivity contribution in [1.82, 2.24) is 9.38 Å². The number of hydrogen-bond donors (Lipinski definition) is 0. The third kappa shape index (κ3) is 3.22. The lowest BCUT2D eigenvalue weighted by Crippen LogP contribution is -1.95. The highest BCUT2D eigenvalue weighted by atomic mass is 15.0. The molecule has 0 aliphatic rings. The number of imidazole rings is 1. The van der Waals surface area contributed by atoms with Crippen LogP contribution >= 0.6 is 0 Å². The molecule has 0 radical (unpaired) electrons. The monoisotopic (exact) mass is 292 g/mol. The van der Waals surface area contributed by atoms with Gasteiger partial charge in [-0.3, -0.25) is 0 Å². The van der Waals surface area contributed by atoms with Gasteiger partial charge in [0, 0.05) is 11.8 Å². The number of pyridine rings is 1. The number of aryl methyl sites for hydroxylation is 1. The molecular weight excluding hydrogens is 268 g/mol. The van der Waals surface area contributed by atoms with Crippen LogP contribution in [0, 0.1) is 0 Å². The molecule has 0 aliphatic heterocycles. The van der Waals surface area contributed by atoms with E-state index in [-0.39, 0.29) is 0 Å². The van der Waals surface area contributed by atoms with E-state index in [4.69, 9.17) is 4.98 Å². The maximum Gasteiger partial charge on any atom is 0.137 e. The van der Waals surface area contributed by atoms with Gasteiger partial charge in [0.25, 0.3) is 0 Å². The summed E-state index contributed by atoms with van der Waals surface area (Å²) in [6, 6.07) is 16.8. The maximum atomic E-state index is 4.86. The van der Waals surface area contributed by atoms with Crippen LogP contribution in [0.25, 0.3) is 16.9 Å². The molecule has 22 heavy (non-hydrogen) atoms. The van der Waals surface area contributed by atoms with Gasteiger partial charge in [0.1, 0.15) is 5.65 Å². The molecule has 0 aliphatic carbocycles. The van der Waals surface area contributed by atoms with Gasteiger partial charge in [0.2, 0.25) is 0 Å². The topological polar surface area (TPSA) is 17.3 Å². The molecule has 0 saturated heterocycles. The molecule has 114 valence electrons. The van der Waals surface area contributed by atoms with E-state index in [1.807, 2.05) is 0 Å². The van der Waals surface area contributed by atoms with E-state index >= 15 is 0 Å². The van der Waals surface area contributed by atoms with E-state index in [1.165, 1.54) is 43.4 Å². The Hall–Kier alpha value is -2.09. The molecule has 2 nitrogen and oxygen atoms in total. The molecule has 0 atom stereocenters. The van der Waals surface area contributed by atoms with Crippen LogP contribution in [0.1, 0.15) is 44.7 Å². The summed E-state index contributed by atoms with van der Waals surface area (Å²) in [6.07, 6.45) is 9.76. The highest BCUT2D eigenvalue weighted by molar-refractivity contribution is 5.66. The first-order chi connectivity index (χ1) is 10.9. The maximum absolute atomic E-state index is 4.86. The number of benzene rings is 1. The van der Waals surface area contributed by atoms with Crippen LogP contribution in [0.2, 0.25) is 0 Å². The van der Waals surface area contributed by atoms with Gasteiger partial charge in [-0.1, -0.05) is 69.0 Å². The summed E-state index contributed by atoms with van der Waals surface area (Å²) in [5.74, 6) is 0.